The second-order valence-corrected chi connectivity index (χ2v) is 5.19. The minimum absolute atomic E-state index is 0.0411. The van der Waals surface area contributed by atoms with Crippen LogP contribution in [-0.2, 0) is 0 Å². The lowest BCUT2D eigenvalue weighted by atomic mass is 9.86. The van der Waals surface area contributed by atoms with Crippen molar-refractivity contribution < 1.29 is 5.11 Å². The molecule has 1 aliphatic carbocycles. The molecule has 1 fully saturated rings. The third-order valence-electron chi connectivity index (χ3n) is 3.88. The monoisotopic (exact) mass is 214 g/mol. The Kier molecular flexibility index (Phi) is 5.03. The zero-order valence-corrected chi connectivity index (χ0v) is 10.3. The van der Waals surface area contributed by atoms with Gasteiger partial charge in [0.15, 0.2) is 0 Å². The minimum atomic E-state index is 0.0411. The molecule has 3 N–H and O–H groups in total. The maximum atomic E-state index is 9.33. The van der Waals surface area contributed by atoms with Gasteiger partial charge in [0.1, 0.15) is 0 Å². The topological polar surface area (TPSA) is 49.5 Å². The summed E-state index contributed by atoms with van der Waals surface area (Å²) in [6.07, 6.45) is 5.12. The molecule has 0 aromatic carbocycles. The normalized spacial score (nSPS) is 31.6. The van der Waals surface area contributed by atoms with Crippen LogP contribution >= 0.6 is 0 Å². The number of likely N-dealkylation sites (N-methyl/N-ethyl adjacent to an activating group) is 1. The molecule has 0 heterocycles. The van der Waals surface area contributed by atoms with Gasteiger partial charge in [-0.1, -0.05) is 6.92 Å². The van der Waals surface area contributed by atoms with Crippen LogP contribution in [0.4, 0.5) is 0 Å². The van der Waals surface area contributed by atoms with Gasteiger partial charge in [-0.3, -0.25) is 4.90 Å². The summed E-state index contributed by atoms with van der Waals surface area (Å²) in [6, 6.07) is 0.770. The Hall–Kier alpha value is -0.120. The van der Waals surface area contributed by atoms with E-state index in [4.69, 9.17) is 5.73 Å². The first-order valence-electron chi connectivity index (χ1n) is 6.14. The molecule has 3 nitrogen and oxygen atoms in total. The summed E-state index contributed by atoms with van der Waals surface area (Å²) in [5.41, 5.74) is 5.88. The molecule has 0 aliphatic heterocycles. The van der Waals surface area contributed by atoms with Crippen LogP contribution in [0.15, 0.2) is 0 Å². The van der Waals surface area contributed by atoms with E-state index >= 15 is 0 Å². The van der Waals surface area contributed by atoms with Crippen molar-refractivity contribution in [2.75, 3.05) is 13.7 Å². The first-order chi connectivity index (χ1) is 7.06. The van der Waals surface area contributed by atoms with Crippen molar-refractivity contribution in [1.29, 1.82) is 0 Å². The van der Waals surface area contributed by atoms with Gasteiger partial charge < -0.3 is 10.8 Å². The van der Waals surface area contributed by atoms with Crippen molar-refractivity contribution in [2.45, 2.75) is 57.7 Å². The highest BCUT2D eigenvalue weighted by atomic mass is 16.3. The third-order valence-corrected chi connectivity index (χ3v) is 3.88. The first-order valence-corrected chi connectivity index (χ1v) is 6.14. The van der Waals surface area contributed by atoms with Crippen LogP contribution in [0.1, 0.15) is 39.5 Å². The van der Waals surface area contributed by atoms with Gasteiger partial charge >= 0.3 is 0 Å². The van der Waals surface area contributed by atoms with Crippen molar-refractivity contribution in [2.24, 2.45) is 11.7 Å². The Morgan fingerprint density at radius 2 is 1.87 bits per heavy atom. The lowest BCUT2D eigenvalue weighted by Crippen LogP contribution is -2.51. The summed E-state index contributed by atoms with van der Waals surface area (Å²) in [6.45, 7) is 4.47. The van der Waals surface area contributed by atoms with Gasteiger partial charge in [-0.15, -0.1) is 0 Å². The molecule has 1 rings (SSSR count). The van der Waals surface area contributed by atoms with Gasteiger partial charge in [0.2, 0.25) is 0 Å². The highest BCUT2D eigenvalue weighted by Crippen LogP contribution is 2.27. The van der Waals surface area contributed by atoms with Crippen molar-refractivity contribution in [3.8, 4) is 0 Å². The summed E-state index contributed by atoms with van der Waals surface area (Å²) in [5, 5.41) is 9.33. The second kappa shape index (κ2) is 5.83. The van der Waals surface area contributed by atoms with Crippen molar-refractivity contribution in [3.05, 3.63) is 0 Å². The van der Waals surface area contributed by atoms with E-state index in [-0.39, 0.29) is 18.7 Å². The van der Waals surface area contributed by atoms with E-state index in [0.717, 1.165) is 5.92 Å². The molecule has 0 aromatic rings. The molecule has 1 aliphatic rings. The highest BCUT2D eigenvalue weighted by Gasteiger charge is 2.27. The fraction of sp³-hybridized carbons (Fsp3) is 1.00. The smallest absolute Gasteiger partial charge is 0.0601 e. The molecule has 15 heavy (non-hydrogen) atoms. The van der Waals surface area contributed by atoms with E-state index in [1.807, 2.05) is 6.92 Å². The molecule has 0 amide bonds. The fourth-order valence-electron chi connectivity index (χ4n) is 2.59. The van der Waals surface area contributed by atoms with Gasteiger partial charge in [0.05, 0.1) is 6.61 Å². The Morgan fingerprint density at radius 3 is 2.27 bits per heavy atom. The van der Waals surface area contributed by atoms with Crippen LogP contribution in [0, 0.1) is 5.92 Å². The van der Waals surface area contributed by atoms with E-state index in [0.29, 0.717) is 6.04 Å². The SMILES string of the molecule is CC1CCC(N(C)C(CO)C(C)N)CC1. The van der Waals surface area contributed by atoms with Crippen LogP contribution in [0.3, 0.4) is 0 Å². The summed E-state index contributed by atoms with van der Waals surface area (Å²) >= 11 is 0. The van der Waals surface area contributed by atoms with Crippen LogP contribution in [0.2, 0.25) is 0 Å². The molecule has 0 radical (unpaired) electrons. The standard InChI is InChI=1S/C12H26N2O/c1-9-4-6-11(7-5-9)14(3)12(8-15)10(2)13/h9-12,15H,4-8,13H2,1-3H3. The van der Waals surface area contributed by atoms with Gasteiger partial charge in [-0.25, -0.2) is 0 Å². The van der Waals surface area contributed by atoms with E-state index < -0.39 is 0 Å². The molecule has 1 saturated carbocycles. The van der Waals surface area contributed by atoms with Crippen LogP contribution < -0.4 is 5.73 Å². The summed E-state index contributed by atoms with van der Waals surface area (Å²) in [5.74, 6) is 0.873. The summed E-state index contributed by atoms with van der Waals surface area (Å²) < 4.78 is 0. The Balaban J connectivity index is 2.47. The van der Waals surface area contributed by atoms with Gasteiger partial charge in [0.25, 0.3) is 0 Å². The molecule has 0 saturated heterocycles. The molecule has 2 atom stereocenters. The zero-order valence-electron chi connectivity index (χ0n) is 10.3. The number of nitrogens with two attached hydrogens (primary N) is 1. The Labute approximate surface area is 93.6 Å². The molecule has 90 valence electrons. The maximum Gasteiger partial charge on any atom is 0.0601 e. The van der Waals surface area contributed by atoms with E-state index in [2.05, 4.69) is 18.9 Å². The van der Waals surface area contributed by atoms with Gasteiger partial charge in [-0.05, 0) is 45.6 Å². The number of hydrogen-bond donors (Lipinski definition) is 2. The largest absolute Gasteiger partial charge is 0.395 e. The molecule has 2 unspecified atom stereocenters. The summed E-state index contributed by atoms with van der Waals surface area (Å²) in [4.78, 5) is 2.29. The highest BCUT2D eigenvalue weighted by molar-refractivity contribution is 4.84. The van der Waals surface area contributed by atoms with Gasteiger partial charge in [0, 0.05) is 18.1 Å². The number of hydrogen-bond acceptors (Lipinski definition) is 3. The average Bonchev–Trinajstić information content (AvgIpc) is 2.19. The minimum Gasteiger partial charge on any atom is -0.395 e. The van der Waals surface area contributed by atoms with Crippen LogP contribution in [-0.4, -0.2) is 41.8 Å². The number of aliphatic hydroxyl groups excluding tert-OH is 1. The second-order valence-electron chi connectivity index (χ2n) is 5.19. The summed E-state index contributed by atoms with van der Waals surface area (Å²) in [7, 11) is 2.10. The van der Waals surface area contributed by atoms with Crippen molar-refractivity contribution in [3.63, 3.8) is 0 Å². The van der Waals surface area contributed by atoms with Gasteiger partial charge in [-0.2, -0.15) is 0 Å². The molecular formula is C12H26N2O. The average molecular weight is 214 g/mol. The predicted molar refractivity (Wildman–Crippen MR) is 63.7 cm³/mol. The number of nitrogens with zero attached hydrogens (tertiary/aromatic N) is 1. The fourth-order valence-corrected chi connectivity index (χ4v) is 2.59. The molecular weight excluding hydrogens is 188 g/mol. The van der Waals surface area contributed by atoms with Crippen LogP contribution in [0.5, 0.6) is 0 Å². The lowest BCUT2D eigenvalue weighted by Gasteiger charge is -2.39. The molecule has 0 bridgehead atoms. The van der Waals surface area contributed by atoms with Crippen LogP contribution in [0.25, 0.3) is 0 Å². The molecule has 0 aromatic heterocycles. The number of rotatable bonds is 4. The molecule has 0 spiro atoms. The quantitative estimate of drug-likeness (QED) is 0.739. The van der Waals surface area contributed by atoms with Crippen molar-refractivity contribution >= 4 is 0 Å². The Morgan fingerprint density at radius 1 is 1.33 bits per heavy atom. The van der Waals surface area contributed by atoms with Crippen molar-refractivity contribution in [1.82, 2.24) is 4.90 Å². The number of aliphatic hydroxyl groups is 1. The van der Waals surface area contributed by atoms with E-state index in [9.17, 15) is 5.11 Å². The third kappa shape index (κ3) is 3.44. The van der Waals surface area contributed by atoms with E-state index in [1.54, 1.807) is 0 Å². The lowest BCUT2D eigenvalue weighted by molar-refractivity contribution is 0.0706. The first kappa shape index (κ1) is 12.9. The predicted octanol–water partition coefficient (Wildman–Crippen LogP) is 1.21. The zero-order chi connectivity index (χ0) is 11.4. The maximum absolute atomic E-state index is 9.33. The van der Waals surface area contributed by atoms with E-state index in [1.165, 1.54) is 25.7 Å². The Bertz CT molecular complexity index is 176. The molecule has 3 heteroatoms.